The van der Waals surface area contributed by atoms with Crippen LogP contribution in [0.4, 0.5) is 5.69 Å². The Balaban J connectivity index is 1.31. The predicted molar refractivity (Wildman–Crippen MR) is 117 cm³/mol. The smallest absolute Gasteiger partial charge is 0.273 e. The highest BCUT2D eigenvalue weighted by atomic mass is 32.2. The summed E-state index contributed by atoms with van der Waals surface area (Å²) in [6.45, 7) is 0. The molecular weight excluding hydrogens is 422 g/mol. The number of thioether (sulfide) groups is 1. The van der Waals surface area contributed by atoms with Crippen molar-refractivity contribution >= 4 is 51.9 Å². The number of hydrazine groups is 1. The van der Waals surface area contributed by atoms with Crippen molar-refractivity contribution < 1.29 is 14.5 Å². The molecule has 0 atom stereocenters. The molecule has 4 aliphatic carbocycles. The number of nitro groups is 1. The number of hydrogen-bond donors (Lipinski definition) is 1. The van der Waals surface area contributed by atoms with E-state index in [-0.39, 0.29) is 22.9 Å². The van der Waals surface area contributed by atoms with Crippen LogP contribution < -0.4 is 5.43 Å². The molecule has 7 nitrogen and oxygen atoms in total. The van der Waals surface area contributed by atoms with E-state index in [4.69, 9.17) is 12.2 Å². The molecule has 0 radical (unpaired) electrons. The number of non-ortho nitro benzene ring substituents is 1. The fourth-order valence-corrected chi connectivity index (χ4v) is 7.20. The Morgan fingerprint density at radius 2 is 1.73 bits per heavy atom. The molecule has 4 bridgehead atoms. The molecule has 0 aromatic heterocycles. The molecule has 5 fully saturated rings. The third kappa shape index (κ3) is 3.33. The maximum absolute atomic E-state index is 13.3. The van der Waals surface area contributed by atoms with Gasteiger partial charge in [0.2, 0.25) is 5.91 Å². The van der Waals surface area contributed by atoms with Gasteiger partial charge < -0.3 is 0 Å². The van der Waals surface area contributed by atoms with Crippen LogP contribution in [-0.4, -0.2) is 26.1 Å². The van der Waals surface area contributed by atoms with Crippen LogP contribution in [0.5, 0.6) is 0 Å². The van der Waals surface area contributed by atoms with Crippen LogP contribution in [0, 0.1) is 33.3 Å². The first kappa shape index (κ1) is 19.7. The largest absolute Gasteiger partial charge is 0.285 e. The minimum absolute atomic E-state index is 0.0115. The number of nitrogens with zero attached hydrogens (tertiary/aromatic N) is 2. The molecule has 5 aliphatic rings. The fourth-order valence-electron chi connectivity index (χ4n) is 6.02. The molecular formula is C21H21N3O4S2. The van der Waals surface area contributed by atoms with Crippen molar-refractivity contribution in [2.45, 2.75) is 38.5 Å². The molecule has 2 amide bonds. The van der Waals surface area contributed by atoms with Crippen molar-refractivity contribution in [1.29, 1.82) is 0 Å². The predicted octanol–water partition coefficient (Wildman–Crippen LogP) is 4.04. The number of rotatable bonds is 4. The second kappa shape index (κ2) is 7.16. The van der Waals surface area contributed by atoms with E-state index >= 15 is 0 Å². The van der Waals surface area contributed by atoms with Gasteiger partial charge in [0.05, 0.1) is 15.2 Å². The Bertz CT molecular complexity index is 953. The monoisotopic (exact) mass is 443 g/mol. The van der Waals surface area contributed by atoms with Crippen LogP contribution in [0.15, 0.2) is 29.2 Å². The fraction of sp³-hybridized carbons (Fsp3) is 0.476. The van der Waals surface area contributed by atoms with Crippen LogP contribution in [0.25, 0.3) is 6.08 Å². The SMILES string of the molecule is O=C1/C(=C\c2ccc([N+](=O)[O-])cc2)SC(=S)N1NC(=O)C12CC3CC(CC(C3)C1)C2. The van der Waals surface area contributed by atoms with Crippen LogP contribution in [0.1, 0.15) is 44.1 Å². The topological polar surface area (TPSA) is 92.5 Å². The molecule has 1 aromatic rings. The minimum Gasteiger partial charge on any atom is -0.273 e. The van der Waals surface area contributed by atoms with Crippen molar-refractivity contribution in [3.8, 4) is 0 Å². The molecule has 0 unspecified atom stereocenters. The standard InChI is InChI=1S/C21H21N3O4S2/c25-18-17(8-12-1-3-16(4-2-12)24(27)28)30-20(29)23(18)22-19(26)21-9-13-5-14(10-21)7-15(6-13)11-21/h1-4,8,13-15H,5-7,9-11H2,(H,22,26)/b17-8+. The summed E-state index contributed by atoms with van der Waals surface area (Å²) in [6, 6.07) is 5.94. The molecule has 0 spiro atoms. The molecule has 4 saturated carbocycles. The van der Waals surface area contributed by atoms with Gasteiger partial charge >= 0.3 is 0 Å². The van der Waals surface area contributed by atoms with Crippen molar-refractivity contribution in [3.05, 3.63) is 44.8 Å². The maximum Gasteiger partial charge on any atom is 0.285 e. The molecule has 1 aliphatic heterocycles. The van der Waals surface area contributed by atoms with E-state index in [0.29, 0.717) is 32.5 Å². The molecule has 1 N–H and O–H groups in total. The highest BCUT2D eigenvalue weighted by molar-refractivity contribution is 8.26. The molecule has 1 heterocycles. The van der Waals surface area contributed by atoms with Gasteiger partial charge in [0.25, 0.3) is 11.6 Å². The summed E-state index contributed by atoms with van der Waals surface area (Å²) in [6.07, 6.45) is 8.11. The quantitative estimate of drug-likeness (QED) is 0.327. The Morgan fingerprint density at radius 1 is 1.17 bits per heavy atom. The minimum atomic E-state index is -0.469. The van der Waals surface area contributed by atoms with Crippen molar-refractivity contribution in [2.24, 2.45) is 23.2 Å². The summed E-state index contributed by atoms with van der Waals surface area (Å²) in [4.78, 5) is 36.9. The first-order valence-electron chi connectivity index (χ1n) is 10.2. The van der Waals surface area contributed by atoms with Crippen LogP contribution in [0.2, 0.25) is 0 Å². The van der Waals surface area contributed by atoms with Crippen LogP contribution in [0.3, 0.4) is 0 Å². The number of carbonyl (C=O) groups excluding carboxylic acids is 2. The lowest BCUT2D eigenvalue weighted by molar-refractivity contribution is -0.384. The molecule has 30 heavy (non-hydrogen) atoms. The summed E-state index contributed by atoms with van der Waals surface area (Å²) >= 11 is 6.48. The van der Waals surface area contributed by atoms with E-state index in [1.54, 1.807) is 18.2 Å². The van der Waals surface area contributed by atoms with E-state index < -0.39 is 4.92 Å². The summed E-state index contributed by atoms with van der Waals surface area (Å²) in [5, 5.41) is 12.0. The van der Waals surface area contributed by atoms with Gasteiger partial charge in [-0.25, -0.2) is 0 Å². The second-order valence-electron chi connectivity index (χ2n) is 9.00. The number of carbonyl (C=O) groups is 2. The van der Waals surface area contributed by atoms with E-state index in [1.165, 1.54) is 36.4 Å². The van der Waals surface area contributed by atoms with E-state index in [2.05, 4.69) is 5.43 Å². The number of nitro benzene ring substituents is 1. The number of amides is 2. The summed E-state index contributed by atoms with van der Waals surface area (Å²) in [7, 11) is 0. The van der Waals surface area contributed by atoms with Crippen LogP contribution >= 0.6 is 24.0 Å². The Labute approximate surface area is 183 Å². The summed E-state index contributed by atoms with van der Waals surface area (Å²) < 4.78 is 0.297. The summed E-state index contributed by atoms with van der Waals surface area (Å²) in [5.41, 5.74) is 3.12. The van der Waals surface area contributed by atoms with Crippen molar-refractivity contribution in [3.63, 3.8) is 0 Å². The van der Waals surface area contributed by atoms with Gasteiger partial charge in [-0.05, 0) is 92.3 Å². The van der Waals surface area contributed by atoms with E-state index in [9.17, 15) is 19.7 Å². The molecule has 6 rings (SSSR count). The van der Waals surface area contributed by atoms with Gasteiger partial charge in [-0.2, -0.15) is 5.01 Å². The van der Waals surface area contributed by atoms with Gasteiger partial charge in [0.1, 0.15) is 0 Å². The normalized spacial score (nSPS) is 33.4. The Hall–Kier alpha value is -2.26. The third-order valence-electron chi connectivity index (χ3n) is 6.93. The Morgan fingerprint density at radius 3 is 2.27 bits per heavy atom. The molecule has 156 valence electrons. The van der Waals surface area contributed by atoms with E-state index in [1.807, 2.05) is 0 Å². The second-order valence-corrected chi connectivity index (χ2v) is 10.7. The number of nitrogens with one attached hydrogen (secondary N) is 1. The van der Waals surface area contributed by atoms with Gasteiger partial charge in [-0.3, -0.25) is 25.1 Å². The number of benzene rings is 1. The highest BCUT2D eigenvalue weighted by Crippen LogP contribution is 2.60. The lowest BCUT2D eigenvalue weighted by atomic mass is 9.49. The molecule has 1 saturated heterocycles. The summed E-state index contributed by atoms with van der Waals surface area (Å²) in [5.74, 6) is 1.47. The molecule has 9 heteroatoms. The highest BCUT2D eigenvalue weighted by Gasteiger charge is 2.55. The lowest BCUT2D eigenvalue weighted by Gasteiger charge is -2.55. The maximum atomic E-state index is 13.3. The van der Waals surface area contributed by atoms with Gasteiger partial charge in [0, 0.05) is 12.1 Å². The first-order valence-corrected chi connectivity index (χ1v) is 11.4. The average molecular weight is 444 g/mol. The van der Waals surface area contributed by atoms with Crippen LogP contribution in [-0.2, 0) is 9.59 Å². The number of hydrogen-bond acceptors (Lipinski definition) is 6. The third-order valence-corrected chi connectivity index (χ3v) is 8.23. The zero-order valence-electron chi connectivity index (χ0n) is 16.2. The van der Waals surface area contributed by atoms with Gasteiger partial charge in [-0.15, -0.1) is 0 Å². The van der Waals surface area contributed by atoms with Gasteiger partial charge in [0.15, 0.2) is 4.32 Å². The van der Waals surface area contributed by atoms with Crippen molar-refractivity contribution in [1.82, 2.24) is 10.4 Å². The Kier molecular flexibility index (Phi) is 4.70. The first-order chi connectivity index (χ1) is 14.3. The lowest BCUT2D eigenvalue weighted by Crippen LogP contribution is -2.57. The van der Waals surface area contributed by atoms with Gasteiger partial charge in [-0.1, -0.05) is 11.8 Å². The van der Waals surface area contributed by atoms with Crippen molar-refractivity contribution in [2.75, 3.05) is 0 Å². The zero-order chi connectivity index (χ0) is 21.0. The van der Waals surface area contributed by atoms with E-state index in [0.717, 1.165) is 31.0 Å². The number of thiocarbonyl (C=S) groups is 1. The molecule has 1 aromatic carbocycles. The zero-order valence-corrected chi connectivity index (χ0v) is 17.8. The average Bonchev–Trinajstić information content (AvgIpc) is 2.94.